The fourth-order valence-corrected chi connectivity index (χ4v) is 2.78. The number of hydrogen-bond acceptors (Lipinski definition) is 3. The van der Waals surface area contributed by atoms with E-state index in [-0.39, 0.29) is 6.61 Å². The number of hydrogen-bond donors (Lipinski definition) is 2. The van der Waals surface area contributed by atoms with Crippen LogP contribution in [0.4, 0.5) is 0 Å². The normalized spacial score (nSPS) is 13.7. The second-order valence-electron chi connectivity index (χ2n) is 5.86. The van der Waals surface area contributed by atoms with Crippen molar-refractivity contribution in [2.45, 2.75) is 12.5 Å². The molecule has 0 aliphatic carbocycles. The molecule has 118 valence electrons. The van der Waals surface area contributed by atoms with Crippen LogP contribution in [0.5, 0.6) is 11.5 Å². The fourth-order valence-electron chi connectivity index (χ4n) is 2.40. The van der Waals surface area contributed by atoms with E-state index in [2.05, 4.69) is 15.9 Å². The zero-order valence-corrected chi connectivity index (χ0v) is 14.4. The van der Waals surface area contributed by atoms with E-state index in [1.165, 1.54) is 0 Å². The molecule has 0 aromatic heterocycles. The average Bonchev–Trinajstić information content (AvgIpc) is 2.54. The Balaban J connectivity index is 1.92. The van der Waals surface area contributed by atoms with E-state index in [4.69, 9.17) is 10.5 Å². The molecule has 0 fully saturated rings. The Morgan fingerprint density at radius 3 is 2.43 bits per heavy atom. The van der Waals surface area contributed by atoms with Crippen LogP contribution in [0.3, 0.4) is 0 Å². The lowest BCUT2D eigenvalue weighted by molar-refractivity contribution is 0.210. The lowest BCUT2D eigenvalue weighted by Crippen LogP contribution is -2.36. The van der Waals surface area contributed by atoms with Crippen molar-refractivity contribution in [3.63, 3.8) is 0 Å². The maximum absolute atomic E-state index is 9.40. The Bertz CT molecular complexity index is 846. The van der Waals surface area contributed by atoms with Crippen LogP contribution in [0.2, 0.25) is 0 Å². The Kier molecular flexibility index (Phi) is 4.39. The summed E-state index contributed by atoms with van der Waals surface area (Å²) in [6, 6.07) is 19.6. The van der Waals surface area contributed by atoms with Crippen LogP contribution in [0.25, 0.3) is 10.8 Å². The minimum absolute atomic E-state index is 0.0947. The Hall–Kier alpha value is -1.88. The van der Waals surface area contributed by atoms with E-state index in [0.717, 1.165) is 32.3 Å². The maximum Gasteiger partial charge on any atom is 0.128 e. The van der Waals surface area contributed by atoms with Crippen molar-refractivity contribution in [1.82, 2.24) is 0 Å². The zero-order chi connectivity index (χ0) is 16.4. The number of halogens is 1. The molecule has 0 radical (unpaired) electrons. The molecule has 0 aliphatic heterocycles. The van der Waals surface area contributed by atoms with Crippen LogP contribution in [-0.4, -0.2) is 11.7 Å². The predicted octanol–water partition coefficient (Wildman–Crippen LogP) is 4.56. The quantitative estimate of drug-likeness (QED) is 0.706. The van der Waals surface area contributed by atoms with E-state index >= 15 is 0 Å². The van der Waals surface area contributed by atoms with Crippen molar-refractivity contribution in [1.29, 1.82) is 0 Å². The van der Waals surface area contributed by atoms with E-state index in [1.54, 1.807) is 0 Å². The molecule has 1 atom stereocenters. The van der Waals surface area contributed by atoms with Gasteiger partial charge in [-0.1, -0.05) is 40.2 Å². The number of ether oxygens (including phenoxy) is 1. The van der Waals surface area contributed by atoms with Gasteiger partial charge in [0.2, 0.25) is 0 Å². The minimum atomic E-state index is -0.736. The Labute approximate surface area is 143 Å². The summed E-state index contributed by atoms with van der Waals surface area (Å²) < 4.78 is 6.87. The third kappa shape index (κ3) is 3.55. The molecular formula is C19H18BrNO2. The fraction of sp³-hybridized carbons (Fsp3) is 0.158. The summed E-state index contributed by atoms with van der Waals surface area (Å²) in [5.74, 6) is 1.56. The summed E-state index contributed by atoms with van der Waals surface area (Å²) in [4.78, 5) is 0. The number of benzene rings is 3. The lowest BCUT2D eigenvalue weighted by atomic mass is 9.92. The highest BCUT2D eigenvalue weighted by Gasteiger charge is 2.19. The molecule has 3 aromatic carbocycles. The second-order valence-corrected chi connectivity index (χ2v) is 6.77. The first-order chi connectivity index (χ1) is 11.0. The largest absolute Gasteiger partial charge is 0.457 e. The maximum atomic E-state index is 9.40. The van der Waals surface area contributed by atoms with Crippen LogP contribution >= 0.6 is 15.9 Å². The van der Waals surface area contributed by atoms with Gasteiger partial charge in [-0.25, -0.2) is 0 Å². The van der Waals surface area contributed by atoms with Crippen LogP contribution in [0, 0.1) is 0 Å². The molecule has 4 heteroatoms. The Morgan fingerprint density at radius 1 is 1.00 bits per heavy atom. The smallest absolute Gasteiger partial charge is 0.128 e. The topological polar surface area (TPSA) is 55.5 Å². The lowest BCUT2D eigenvalue weighted by Gasteiger charge is -2.22. The van der Waals surface area contributed by atoms with Crippen molar-refractivity contribution in [3.8, 4) is 11.5 Å². The van der Waals surface area contributed by atoms with Gasteiger partial charge >= 0.3 is 0 Å². The van der Waals surface area contributed by atoms with Crippen LogP contribution in [-0.2, 0) is 5.54 Å². The van der Waals surface area contributed by atoms with Gasteiger partial charge in [0, 0.05) is 4.47 Å². The van der Waals surface area contributed by atoms with Gasteiger partial charge in [0.05, 0.1) is 12.1 Å². The number of fused-ring (bicyclic) bond motifs is 1. The Morgan fingerprint density at radius 2 is 1.70 bits per heavy atom. The van der Waals surface area contributed by atoms with Gasteiger partial charge in [-0.3, -0.25) is 0 Å². The molecule has 0 bridgehead atoms. The average molecular weight is 372 g/mol. The van der Waals surface area contributed by atoms with E-state index < -0.39 is 5.54 Å². The standard InChI is InChI=1S/C19H18BrNO2/c1-19(21,12-22)15-7-5-14-10-18(8-6-13(14)9-15)23-17-4-2-3-16(20)11-17/h2-11,22H,12,21H2,1H3. The number of nitrogens with two attached hydrogens (primary N) is 1. The van der Waals surface area contributed by atoms with Gasteiger partial charge in [0.1, 0.15) is 11.5 Å². The summed E-state index contributed by atoms with van der Waals surface area (Å²) in [6.07, 6.45) is 0. The van der Waals surface area contributed by atoms with Crippen molar-refractivity contribution in [2.75, 3.05) is 6.61 Å². The summed E-state index contributed by atoms with van der Waals surface area (Å²) in [6.45, 7) is 1.72. The highest BCUT2D eigenvalue weighted by molar-refractivity contribution is 9.10. The van der Waals surface area contributed by atoms with E-state index in [9.17, 15) is 5.11 Å². The predicted molar refractivity (Wildman–Crippen MR) is 96.8 cm³/mol. The van der Waals surface area contributed by atoms with Crippen molar-refractivity contribution in [3.05, 3.63) is 70.7 Å². The molecule has 3 N–H and O–H groups in total. The van der Waals surface area contributed by atoms with Crippen molar-refractivity contribution in [2.24, 2.45) is 5.73 Å². The SMILES string of the molecule is CC(N)(CO)c1ccc2cc(Oc3cccc(Br)c3)ccc2c1. The van der Waals surface area contributed by atoms with Crippen molar-refractivity contribution >= 4 is 26.7 Å². The molecule has 0 amide bonds. The van der Waals surface area contributed by atoms with Gasteiger partial charge < -0.3 is 15.6 Å². The van der Waals surface area contributed by atoms with Crippen LogP contribution < -0.4 is 10.5 Å². The molecule has 0 saturated heterocycles. The highest BCUT2D eigenvalue weighted by Crippen LogP contribution is 2.29. The number of aliphatic hydroxyl groups is 1. The van der Waals surface area contributed by atoms with Gasteiger partial charge in [0.25, 0.3) is 0 Å². The van der Waals surface area contributed by atoms with Crippen LogP contribution in [0.1, 0.15) is 12.5 Å². The molecule has 3 aromatic rings. The summed E-state index contributed by atoms with van der Waals surface area (Å²) in [5.41, 5.74) is 6.27. The molecule has 3 nitrogen and oxygen atoms in total. The van der Waals surface area contributed by atoms with Gasteiger partial charge in [-0.05, 0) is 59.7 Å². The van der Waals surface area contributed by atoms with Gasteiger partial charge in [-0.2, -0.15) is 0 Å². The molecular weight excluding hydrogens is 354 g/mol. The second kappa shape index (κ2) is 6.32. The summed E-state index contributed by atoms with van der Waals surface area (Å²) >= 11 is 3.44. The third-order valence-corrected chi connectivity index (χ3v) is 4.32. The van der Waals surface area contributed by atoms with Crippen LogP contribution in [0.15, 0.2) is 65.1 Å². The first-order valence-electron chi connectivity index (χ1n) is 7.35. The monoisotopic (exact) mass is 371 g/mol. The summed E-state index contributed by atoms with van der Waals surface area (Å²) in [7, 11) is 0. The minimum Gasteiger partial charge on any atom is -0.457 e. The number of aliphatic hydroxyl groups excluding tert-OH is 1. The molecule has 0 heterocycles. The molecule has 23 heavy (non-hydrogen) atoms. The molecule has 1 unspecified atom stereocenters. The summed E-state index contributed by atoms with van der Waals surface area (Å²) in [5, 5.41) is 11.5. The van der Waals surface area contributed by atoms with Gasteiger partial charge in [0.15, 0.2) is 0 Å². The third-order valence-electron chi connectivity index (χ3n) is 3.83. The van der Waals surface area contributed by atoms with E-state index in [1.807, 2.05) is 67.6 Å². The molecule has 3 rings (SSSR count). The molecule has 0 spiro atoms. The van der Waals surface area contributed by atoms with E-state index in [0.29, 0.717) is 0 Å². The molecule has 0 aliphatic rings. The first kappa shape index (κ1) is 16.0. The molecule has 0 saturated carbocycles. The number of rotatable bonds is 4. The van der Waals surface area contributed by atoms with Crippen molar-refractivity contribution < 1.29 is 9.84 Å². The zero-order valence-electron chi connectivity index (χ0n) is 12.8. The first-order valence-corrected chi connectivity index (χ1v) is 8.15. The highest BCUT2D eigenvalue weighted by atomic mass is 79.9. The van der Waals surface area contributed by atoms with Gasteiger partial charge in [-0.15, -0.1) is 0 Å².